The van der Waals surface area contributed by atoms with Crippen LogP contribution in [0.5, 0.6) is 0 Å². The molecule has 0 bridgehead atoms. The van der Waals surface area contributed by atoms with E-state index in [1.165, 1.54) is 0 Å². The number of amides is 1. The minimum atomic E-state index is -0.160. The summed E-state index contributed by atoms with van der Waals surface area (Å²) in [5.41, 5.74) is 7.65. The largest absolute Gasteiger partial charge is 0.398 e. The second-order valence-electron chi connectivity index (χ2n) is 4.38. The second kappa shape index (κ2) is 6.39. The van der Waals surface area contributed by atoms with Crippen LogP contribution in [0, 0.1) is 0 Å². The first-order chi connectivity index (χ1) is 9.63. The van der Waals surface area contributed by atoms with E-state index in [1.807, 2.05) is 19.1 Å². The SMILES string of the molecule is CCN(Cc1ccncc1)C(=O)c1c(N)cccc1Cl. The molecule has 0 atom stereocenters. The van der Waals surface area contributed by atoms with Gasteiger partial charge in [-0.3, -0.25) is 9.78 Å². The first kappa shape index (κ1) is 14.3. The van der Waals surface area contributed by atoms with Crippen LogP contribution in [-0.4, -0.2) is 22.3 Å². The lowest BCUT2D eigenvalue weighted by molar-refractivity contribution is 0.0754. The summed E-state index contributed by atoms with van der Waals surface area (Å²) in [6.07, 6.45) is 3.41. The number of halogens is 1. The quantitative estimate of drug-likeness (QED) is 0.880. The molecule has 0 saturated heterocycles. The number of carbonyl (C=O) groups is 1. The molecule has 0 aliphatic heterocycles. The predicted octanol–water partition coefficient (Wildman–Crippen LogP) is 2.98. The fraction of sp³-hybridized carbons (Fsp3) is 0.200. The highest BCUT2D eigenvalue weighted by atomic mass is 35.5. The van der Waals surface area contributed by atoms with Gasteiger partial charge in [-0.15, -0.1) is 0 Å². The molecule has 1 heterocycles. The molecule has 20 heavy (non-hydrogen) atoms. The molecule has 0 aliphatic carbocycles. The molecule has 0 saturated carbocycles. The van der Waals surface area contributed by atoms with E-state index in [2.05, 4.69) is 4.98 Å². The molecule has 2 aromatic rings. The first-order valence-electron chi connectivity index (χ1n) is 6.35. The Labute approximate surface area is 123 Å². The Kier molecular flexibility index (Phi) is 4.58. The van der Waals surface area contributed by atoms with Gasteiger partial charge in [0.25, 0.3) is 5.91 Å². The number of anilines is 1. The second-order valence-corrected chi connectivity index (χ2v) is 4.79. The van der Waals surface area contributed by atoms with Gasteiger partial charge >= 0.3 is 0 Å². The third-order valence-corrected chi connectivity index (χ3v) is 3.37. The van der Waals surface area contributed by atoms with Crippen LogP contribution in [0.1, 0.15) is 22.8 Å². The molecule has 2 N–H and O–H groups in total. The van der Waals surface area contributed by atoms with E-state index in [0.29, 0.717) is 29.4 Å². The minimum Gasteiger partial charge on any atom is -0.398 e. The summed E-state index contributed by atoms with van der Waals surface area (Å²) in [4.78, 5) is 18.2. The van der Waals surface area contributed by atoms with E-state index < -0.39 is 0 Å². The average molecular weight is 290 g/mol. The van der Waals surface area contributed by atoms with Crippen molar-refractivity contribution < 1.29 is 4.79 Å². The van der Waals surface area contributed by atoms with Gasteiger partial charge in [0.2, 0.25) is 0 Å². The number of nitrogens with two attached hydrogens (primary N) is 1. The summed E-state index contributed by atoms with van der Waals surface area (Å²) in [7, 11) is 0. The van der Waals surface area contributed by atoms with Crippen LogP contribution in [-0.2, 0) is 6.54 Å². The summed E-state index contributed by atoms with van der Waals surface area (Å²) in [5, 5.41) is 0.378. The number of carbonyl (C=O) groups excluding carboxylic acids is 1. The lowest BCUT2D eigenvalue weighted by atomic mass is 10.1. The van der Waals surface area contributed by atoms with Gasteiger partial charge in [0.15, 0.2) is 0 Å². The van der Waals surface area contributed by atoms with E-state index >= 15 is 0 Å². The number of pyridine rings is 1. The van der Waals surface area contributed by atoms with Crippen LogP contribution in [0.25, 0.3) is 0 Å². The zero-order chi connectivity index (χ0) is 14.5. The molecule has 5 heteroatoms. The molecular weight excluding hydrogens is 274 g/mol. The summed E-state index contributed by atoms with van der Waals surface area (Å²) >= 11 is 6.09. The highest BCUT2D eigenvalue weighted by Crippen LogP contribution is 2.24. The number of hydrogen-bond donors (Lipinski definition) is 1. The molecule has 0 unspecified atom stereocenters. The van der Waals surface area contributed by atoms with Gasteiger partial charge in [0, 0.05) is 31.2 Å². The van der Waals surface area contributed by atoms with Crippen LogP contribution in [0.3, 0.4) is 0 Å². The van der Waals surface area contributed by atoms with E-state index in [9.17, 15) is 4.79 Å². The number of hydrogen-bond acceptors (Lipinski definition) is 3. The molecule has 0 fully saturated rings. The van der Waals surface area contributed by atoms with Gasteiger partial charge in [-0.05, 0) is 36.8 Å². The fourth-order valence-electron chi connectivity index (χ4n) is 1.96. The third-order valence-electron chi connectivity index (χ3n) is 3.05. The summed E-state index contributed by atoms with van der Waals surface area (Å²) in [6, 6.07) is 8.84. The summed E-state index contributed by atoms with van der Waals surface area (Å²) in [6.45, 7) is 3.00. The van der Waals surface area contributed by atoms with Crippen molar-refractivity contribution in [1.82, 2.24) is 9.88 Å². The fourth-order valence-corrected chi connectivity index (χ4v) is 2.22. The number of nitrogens with zero attached hydrogens (tertiary/aromatic N) is 2. The molecule has 4 nitrogen and oxygen atoms in total. The first-order valence-corrected chi connectivity index (χ1v) is 6.73. The minimum absolute atomic E-state index is 0.160. The van der Waals surface area contributed by atoms with E-state index in [4.69, 9.17) is 17.3 Å². The van der Waals surface area contributed by atoms with Crippen molar-refractivity contribution in [2.24, 2.45) is 0 Å². The van der Waals surface area contributed by atoms with Crippen molar-refractivity contribution in [2.75, 3.05) is 12.3 Å². The van der Waals surface area contributed by atoms with Crippen molar-refractivity contribution in [3.05, 3.63) is 58.9 Å². The van der Waals surface area contributed by atoms with Gasteiger partial charge in [0.1, 0.15) is 0 Å². The highest BCUT2D eigenvalue weighted by molar-refractivity contribution is 6.34. The Morgan fingerprint density at radius 3 is 2.60 bits per heavy atom. The van der Waals surface area contributed by atoms with Gasteiger partial charge in [-0.1, -0.05) is 17.7 Å². The zero-order valence-electron chi connectivity index (χ0n) is 11.2. The Hall–Kier alpha value is -2.07. The van der Waals surface area contributed by atoms with Crippen LogP contribution < -0.4 is 5.73 Å². The smallest absolute Gasteiger partial charge is 0.257 e. The zero-order valence-corrected chi connectivity index (χ0v) is 12.0. The van der Waals surface area contributed by atoms with Gasteiger partial charge in [-0.25, -0.2) is 0 Å². The van der Waals surface area contributed by atoms with Crippen LogP contribution in [0.15, 0.2) is 42.7 Å². The van der Waals surface area contributed by atoms with Crippen LogP contribution >= 0.6 is 11.6 Å². The van der Waals surface area contributed by atoms with Crippen LogP contribution in [0.2, 0.25) is 5.02 Å². The molecule has 1 aromatic heterocycles. The molecule has 1 amide bonds. The Morgan fingerprint density at radius 1 is 1.30 bits per heavy atom. The van der Waals surface area contributed by atoms with Crippen LogP contribution in [0.4, 0.5) is 5.69 Å². The Balaban J connectivity index is 2.26. The monoisotopic (exact) mass is 289 g/mol. The van der Waals surface area contributed by atoms with E-state index in [1.54, 1.807) is 35.5 Å². The molecule has 0 spiro atoms. The number of benzene rings is 1. The van der Waals surface area contributed by atoms with E-state index in [-0.39, 0.29) is 5.91 Å². The normalized spacial score (nSPS) is 10.3. The summed E-state index contributed by atoms with van der Waals surface area (Å²) < 4.78 is 0. The number of nitrogen functional groups attached to an aromatic ring is 1. The maximum absolute atomic E-state index is 12.6. The maximum Gasteiger partial charge on any atom is 0.257 e. The van der Waals surface area contributed by atoms with Crippen molar-refractivity contribution in [3.8, 4) is 0 Å². The lowest BCUT2D eigenvalue weighted by Gasteiger charge is -2.22. The topological polar surface area (TPSA) is 59.2 Å². The van der Waals surface area contributed by atoms with Gasteiger partial charge < -0.3 is 10.6 Å². The molecule has 104 valence electrons. The van der Waals surface area contributed by atoms with Crippen molar-refractivity contribution in [2.45, 2.75) is 13.5 Å². The molecular formula is C15H16ClN3O. The third kappa shape index (κ3) is 3.08. The van der Waals surface area contributed by atoms with E-state index in [0.717, 1.165) is 5.56 Å². The Bertz CT molecular complexity index is 581. The van der Waals surface area contributed by atoms with Gasteiger partial charge in [0.05, 0.1) is 10.6 Å². The lowest BCUT2D eigenvalue weighted by Crippen LogP contribution is -2.31. The molecule has 1 aromatic carbocycles. The summed E-state index contributed by atoms with van der Waals surface area (Å²) in [5.74, 6) is -0.160. The molecule has 2 rings (SSSR count). The average Bonchev–Trinajstić information content (AvgIpc) is 2.45. The Morgan fingerprint density at radius 2 is 2.00 bits per heavy atom. The number of aromatic nitrogens is 1. The van der Waals surface area contributed by atoms with Crippen molar-refractivity contribution in [1.29, 1.82) is 0 Å². The standard InChI is InChI=1S/C15H16ClN3O/c1-2-19(10-11-6-8-18-9-7-11)15(20)14-12(16)4-3-5-13(14)17/h3-9H,2,10,17H2,1H3. The predicted molar refractivity (Wildman–Crippen MR) is 80.5 cm³/mol. The maximum atomic E-state index is 12.6. The van der Waals surface area contributed by atoms with Gasteiger partial charge in [-0.2, -0.15) is 0 Å². The molecule has 0 radical (unpaired) electrons. The number of rotatable bonds is 4. The van der Waals surface area contributed by atoms with Crippen molar-refractivity contribution in [3.63, 3.8) is 0 Å². The van der Waals surface area contributed by atoms with Crippen molar-refractivity contribution >= 4 is 23.2 Å². The molecule has 0 aliphatic rings. The highest BCUT2D eigenvalue weighted by Gasteiger charge is 2.19.